The molecule has 0 aromatic heterocycles. The maximum atomic E-state index is 5.24. The van der Waals surface area contributed by atoms with Gasteiger partial charge in [-0.05, 0) is 17.9 Å². The number of rotatable bonds is 0. The maximum Gasteiger partial charge on any atom is 0.105 e. The van der Waals surface area contributed by atoms with E-state index in [4.69, 9.17) is 4.74 Å². The summed E-state index contributed by atoms with van der Waals surface area (Å²) in [5, 5.41) is 0. The summed E-state index contributed by atoms with van der Waals surface area (Å²) in [5.74, 6) is 0.721. The molecule has 3 unspecified atom stereocenters. The van der Waals surface area contributed by atoms with Crippen molar-refractivity contribution < 1.29 is 4.74 Å². The molecule has 1 heteroatoms. The van der Waals surface area contributed by atoms with E-state index >= 15 is 0 Å². The lowest BCUT2D eigenvalue weighted by molar-refractivity contribution is 0.326. The minimum absolute atomic E-state index is 0.463. The Hall–Kier alpha value is -0.300. The molecule has 1 heterocycles. The Morgan fingerprint density at radius 3 is 2.75 bits per heavy atom. The van der Waals surface area contributed by atoms with Crippen LogP contribution in [0.2, 0.25) is 0 Å². The molecule has 1 aliphatic heterocycles. The molecule has 0 aromatic rings. The Morgan fingerprint density at radius 2 is 2.50 bits per heavy atom. The fraction of sp³-hybridized carbons (Fsp3) is 0.714. The first kappa shape index (κ1) is 4.57. The van der Waals surface area contributed by atoms with Crippen molar-refractivity contribution in [2.45, 2.75) is 25.6 Å². The van der Waals surface area contributed by atoms with Gasteiger partial charge in [-0.3, -0.25) is 0 Å². The zero-order chi connectivity index (χ0) is 5.72. The molecule has 1 saturated carbocycles. The highest BCUT2D eigenvalue weighted by Gasteiger charge is 2.49. The van der Waals surface area contributed by atoms with Crippen LogP contribution in [0, 0.1) is 5.92 Å². The van der Waals surface area contributed by atoms with Crippen LogP contribution >= 0.6 is 0 Å². The van der Waals surface area contributed by atoms with Gasteiger partial charge in [0.2, 0.25) is 0 Å². The topological polar surface area (TPSA) is 12.5 Å². The van der Waals surface area contributed by atoms with E-state index in [0.717, 1.165) is 5.92 Å². The molecule has 2 rings (SSSR count). The van der Waals surface area contributed by atoms with Gasteiger partial charge in [-0.1, -0.05) is 13.5 Å². The standard InChI is InChI=1S/C7H10O/c1-4-3-6-7(8-6)5(4)2/h4,6-7H,2-3H2,1H3. The van der Waals surface area contributed by atoms with Crippen LogP contribution < -0.4 is 0 Å². The smallest absolute Gasteiger partial charge is 0.105 e. The molecule has 2 fully saturated rings. The fourth-order valence-corrected chi connectivity index (χ4v) is 1.43. The van der Waals surface area contributed by atoms with Gasteiger partial charge in [-0.25, -0.2) is 0 Å². The first-order valence-electron chi connectivity index (χ1n) is 3.13. The van der Waals surface area contributed by atoms with Crippen molar-refractivity contribution in [3.8, 4) is 0 Å². The molecule has 0 aromatic carbocycles. The van der Waals surface area contributed by atoms with Crippen LogP contribution in [0.1, 0.15) is 13.3 Å². The van der Waals surface area contributed by atoms with Crippen LogP contribution in [0.15, 0.2) is 12.2 Å². The molecule has 0 bridgehead atoms. The third kappa shape index (κ3) is 0.402. The SMILES string of the molecule is C=C1C(C)CC2OC12. The lowest BCUT2D eigenvalue weighted by atomic mass is 10.1. The van der Waals surface area contributed by atoms with Crippen molar-refractivity contribution in [1.82, 2.24) is 0 Å². The molecule has 1 saturated heterocycles. The Bertz CT molecular complexity index is 135. The van der Waals surface area contributed by atoms with Gasteiger partial charge in [0, 0.05) is 0 Å². The molecular formula is C7H10O. The van der Waals surface area contributed by atoms with Crippen LogP contribution in [-0.2, 0) is 4.74 Å². The molecule has 44 valence electrons. The quantitative estimate of drug-likeness (QED) is 0.339. The predicted octanol–water partition coefficient (Wildman–Crippen LogP) is 1.35. The minimum atomic E-state index is 0.463. The van der Waals surface area contributed by atoms with E-state index in [0.29, 0.717) is 12.2 Å². The molecular weight excluding hydrogens is 100 g/mol. The molecule has 1 aliphatic carbocycles. The van der Waals surface area contributed by atoms with E-state index < -0.39 is 0 Å². The predicted molar refractivity (Wildman–Crippen MR) is 31.6 cm³/mol. The van der Waals surface area contributed by atoms with Crippen LogP contribution in [0.3, 0.4) is 0 Å². The molecule has 8 heavy (non-hydrogen) atoms. The van der Waals surface area contributed by atoms with Gasteiger partial charge in [0.05, 0.1) is 6.10 Å². The van der Waals surface area contributed by atoms with Crippen molar-refractivity contribution in [3.05, 3.63) is 12.2 Å². The Balaban J connectivity index is 2.19. The van der Waals surface area contributed by atoms with Gasteiger partial charge >= 0.3 is 0 Å². The van der Waals surface area contributed by atoms with Gasteiger partial charge in [0.1, 0.15) is 6.10 Å². The summed E-state index contributed by atoms with van der Waals surface area (Å²) in [6, 6.07) is 0. The highest BCUT2D eigenvalue weighted by atomic mass is 16.6. The van der Waals surface area contributed by atoms with E-state index in [2.05, 4.69) is 13.5 Å². The fourth-order valence-electron chi connectivity index (χ4n) is 1.43. The average molecular weight is 110 g/mol. The summed E-state index contributed by atoms with van der Waals surface area (Å²) < 4.78 is 5.24. The zero-order valence-electron chi connectivity index (χ0n) is 5.05. The monoisotopic (exact) mass is 110 g/mol. The van der Waals surface area contributed by atoms with E-state index in [1.165, 1.54) is 12.0 Å². The highest BCUT2D eigenvalue weighted by molar-refractivity contribution is 5.22. The van der Waals surface area contributed by atoms with Crippen molar-refractivity contribution in [3.63, 3.8) is 0 Å². The maximum absolute atomic E-state index is 5.24. The van der Waals surface area contributed by atoms with Crippen LogP contribution in [0.5, 0.6) is 0 Å². The van der Waals surface area contributed by atoms with Gasteiger partial charge in [0.15, 0.2) is 0 Å². The third-order valence-electron chi connectivity index (χ3n) is 2.17. The van der Waals surface area contributed by atoms with Crippen molar-refractivity contribution >= 4 is 0 Å². The minimum Gasteiger partial charge on any atom is -0.365 e. The number of hydrogen-bond donors (Lipinski definition) is 0. The second-order valence-electron chi connectivity index (χ2n) is 2.81. The Morgan fingerprint density at radius 1 is 1.75 bits per heavy atom. The molecule has 0 N–H and O–H groups in total. The van der Waals surface area contributed by atoms with E-state index in [1.807, 2.05) is 0 Å². The van der Waals surface area contributed by atoms with Gasteiger partial charge < -0.3 is 4.74 Å². The Labute approximate surface area is 49.3 Å². The van der Waals surface area contributed by atoms with Gasteiger partial charge in [-0.15, -0.1) is 0 Å². The van der Waals surface area contributed by atoms with E-state index in [9.17, 15) is 0 Å². The second kappa shape index (κ2) is 1.16. The van der Waals surface area contributed by atoms with Gasteiger partial charge in [0.25, 0.3) is 0 Å². The van der Waals surface area contributed by atoms with E-state index in [-0.39, 0.29) is 0 Å². The third-order valence-corrected chi connectivity index (χ3v) is 2.17. The lowest BCUT2D eigenvalue weighted by Gasteiger charge is -2.03. The number of ether oxygens (including phenoxy) is 1. The normalized spacial score (nSPS) is 51.6. The Kier molecular flexibility index (Phi) is 0.662. The second-order valence-corrected chi connectivity index (χ2v) is 2.81. The first-order chi connectivity index (χ1) is 3.79. The molecule has 2 aliphatic rings. The summed E-state index contributed by atoms with van der Waals surface area (Å²) in [5.41, 5.74) is 1.31. The van der Waals surface area contributed by atoms with Crippen LogP contribution in [-0.4, -0.2) is 12.2 Å². The molecule has 1 nitrogen and oxygen atoms in total. The first-order valence-corrected chi connectivity index (χ1v) is 3.13. The lowest BCUT2D eigenvalue weighted by Crippen LogP contribution is -1.95. The van der Waals surface area contributed by atoms with Crippen molar-refractivity contribution in [1.29, 1.82) is 0 Å². The summed E-state index contributed by atoms with van der Waals surface area (Å²) in [6.45, 7) is 6.15. The largest absolute Gasteiger partial charge is 0.365 e. The molecule has 0 radical (unpaired) electrons. The number of hydrogen-bond acceptors (Lipinski definition) is 1. The summed E-state index contributed by atoms with van der Waals surface area (Å²) in [6.07, 6.45) is 2.24. The summed E-state index contributed by atoms with van der Waals surface area (Å²) in [7, 11) is 0. The van der Waals surface area contributed by atoms with E-state index in [1.54, 1.807) is 0 Å². The molecule has 0 amide bonds. The van der Waals surface area contributed by atoms with Crippen LogP contribution in [0.4, 0.5) is 0 Å². The van der Waals surface area contributed by atoms with Crippen molar-refractivity contribution in [2.75, 3.05) is 0 Å². The molecule has 3 atom stereocenters. The highest BCUT2D eigenvalue weighted by Crippen LogP contribution is 2.44. The van der Waals surface area contributed by atoms with Crippen molar-refractivity contribution in [2.24, 2.45) is 5.92 Å². The van der Waals surface area contributed by atoms with Gasteiger partial charge in [-0.2, -0.15) is 0 Å². The average Bonchev–Trinajstić information content (AvgIpc) is 2.39. The summed E-state index contributed by atoms with van der Waals surface area (Å²) in [4.78, 5) is 0. The number of epoxide rings is 1. The zero-order valence-corrected chi connectivity index (χ0v) is 5.05. The number of fused-ring (bicyclic) bond motifs is 1. The van der Waals surface area contributed by atoms with Crippen LogP contribution in [0.25, 0.3) is 0 Å². The summed E-state index contributed by atoms with van der Waals surface area (Å²) >= 11 is 0. The molecule has 0 spiro atoms.